The third-order valence-corrected chi connectivity index (χ3v) is 7.73. The van der Waals surface area contributed by atoms with E-state index in [1.165, 1.54) is 5.56 Å². The van der Waals surface area contributed by atoms with Crippen LogP contribution in [0.2, 0.25) is 5.02 Å². The van der Waals surface area contributed by atoms with E-state index in [4.69, 9.17) is 21.1 Å². The Hall–Kier alpha value is -2.99. The van der Waals surface area contributed by atoms with E-state index in [0.29, 0.717) is 13.2 Å². The zero-order valence-corrected chi connectivity index (χ0v) is 25.1. The molecule has 0 N–H and O–H groups in total. The molecule has 0 radical (unpaired) electrons. The van der Waals surface area contributed by atoms with Crippen LogP contribution in [0.25, 0.3) is 0 Å². The van der Waals surface area contributed by atoms with E-state index in [1.807, 2.05) is 45.0 Å². The number of anilines is 1. The minimum atomic E-state index is -0.712. The lowest BCUT2D eigenvalue weighted by Gasteiger charge is -2.29. The quantitative estimate of drug-likeness (QED) is 0.273. The number of aryl methyl sites for hydroxylation is 1. The molecular weight excluding hydrogens is 524 g/mol. The summed E-state index contributed by atoms with van der Waals surface area (Å²) in [5.41, 5.74) is 3.45. The van der Waals surface area contributed by atoms with Crippen LogP contribution in [0, 0.1) is 0 Å². The second-order valence-corrected chi connectivity index (χ2v) is 12.3. The molecule has 0 aliphatic carbocycles. The fraction of sp³-hybridized carbons (Fsp3) is 0.515. The number of fused-ring (bicyclic) bond motifs is 2. The van der Waals surface area contributed by atoms with E-state index in [0.717, 1.165) is 79.2 Å². The molecule has 216 valence electrons. The molecule has 0 saturated carbocycles. The van der Waals surface area contributed by atoms with Gasteiger partial charge in [0.1, 0.15) is 18.0 Å². The zero-order chi connectivity index (χ0) is 28.7. The van der Waals surface area contributed by atoms with Crippen LogP contribution >= 0.6 is 11.6 Å². The van der Waals surface area contributed by atoms with Crippen LogP contribution in [-0.2, 0) is 27.4 Å². The van der Waals surface area contributed by atoms with Gasteiger partial charge in [0.25, 0.3) is 0 Å². The molecule has 0 aromatic heterocycles. The number of allylic oxidation sites excluding steroid dienone is 1. The second kappa shape index (κ2) is 13.6. The van der Waals surface area contributed by atoms with E-state index in [2.05, 4.69) is 29.2 Å². The standard InChI is InChI=1S/C33H43ClN2O4/c1-33(2,3)40-32(38)28-22-31(37)35(4)17-9-6-5-7-10-18-36-19-11-8-12-24-20-27(34)15-13-26(24)23-39-30-16-14-25(28)21-29(30)36/h6,9,13-16,20-21,28H,5,7-8,10-12,17-19,22-23H2,1-4H3/b9-6+. The molecule has 1 amide bonds. The smallest absolute Gasteiger partial charge is 0.314 e. The second-order valence-electron chi connectivity index (χ2n) is 11.9. The Balaban J connectivity index is 1.76. The molecule has 2 heterocycles. The number of esters is 1. The lowest BCUT2D eigenvalue weighted by atomic mass is 9.93. The third-order valence-electron chi connectivity index (χ3n) is 7.49. The molecule has 0 spiro atoms. The summed E-state index contributed by atoms with van der Waals surface area (Å²) in [6, 6.07) is 11.9. The lowest BCUT2D eigenvalue weighted by Crippen LogP contribution is -2.33. The molecule has 2 aliphatic rings. The third kappa shape index (κ3) is 8.26. The first kappa shape index (κ1) is 30.0. The highest BCUT2D eigenvalue weighted by atomic mass is 35.5. The molecule has 1 atom stereocenters. The van der Waals surface area contributed by atoms with Crippen LogP contribution in [0.4, 0.5) is 5.69 Å². The van der Waals surface area contributed by atoms with Crippen molar-refractivity contribution in [2.24, 2.45) is 0 Å². The molecule has 2 aromatic rings. The van der Waals surface area contributed by atoms with Gasteiger partial charge >= 0.3 is 5.97 Å². The number of hydrogen-bond acceptors (Lipinski definition) is 5. The average Bonchev–Trinajstić information content (AvgIpc) is 2.93. The van der Waals surface area contributed by atoms with E-state index >= 15 is 0 Å². The number of rotatable bonds is 1. The summed E-state index contributed by atoms with van der Waals surface area (Å²) < 4.78 is 12.3. The minimum absolute atomic E-state index is 0.0486. The highest BCUT2D eigenvalue weighted by Gasteiger charge is 2.31. The predicted molar refractivity (Wildman–Crippen MR) is 161 cm³/mol. The summed E-state index contributed by atoms with van der Waals surface area (Å²) in [5.74, 6) is -0.405. The molecular formula is C33H43ClN2O4. The highest BCUT2D eigenvalue weighted by molar-refractivity contribution is 6.30. The van der Waals surface area contributed by atoms with Crippen molar-refractivity contribution >= 4 is 29.2 Å². The van der Waals surface area contributed by atoms with Crippen molar-refractivity contribution in [1.29, 1.82) is 0 Å². The zero-order valence-electron chi connectivity index (χ0n) is 24.4. The number of ether oxygens (including phenoxy) is 2. The summed E-state index contributed by atoms with van der Waals surface area (Å²) in [6.45, 7) is 8.30. The summed E-state index contributed by atoms with van der Waals surface area (Å²) in [4.78, 5) is 30.8. The van der Waals surface area contributed by atoms with Crippen LogP contribution < -0.4 is 9.64 Å². The number of amides is 1. The van der Waals surface area contributed by atoms with Gasteiger partial charge in [-0.1, -0.05) is 35.9 Å². The van der Waals surface area contributed by atoms with Crippen molar-refractivity contribution in [2.45, 2.75) is 83.8 Å². The fourth-order valence-electron chi connectivity index (χ4n) is 5.27. The highest BCUT2D eigenvalue weighted by Crippen LogP contribution is 2.36. The van der Waals surface area contributed by atoms with Crippen molar-refractivity contribution in [1.82, 2.24) is 4.90 Å². The molecule has 2 bridgehead atoms. The van der Waals surface area contributed by atoms with Gasteiger partial charge in [0, 0.05) is 38.1 Å². The van der Waals surface area contributed by atoms with Crippen molar-refractivity contribution in [3.8, 4) is 5.75 Å². The Labute approximate surface area is 244 Å². The molecule has 7 heteroatoms. The average molecular weight is 567 g/mol. The first-order valence-electron chi connectivity index (χ1n) is 14.5. The fourth-order valence-corrected chi connectivity index (χ4v) is 5.47. The van der Waals surface area contributed by atoms with E-state index in [-0.39, 0.29) is 18.3 Å². The van der Waals surface area contributed by atoms with Crippen LogP contribution in [0.3, 0.4) is 0 Å². The number of benzene rings is 2. The normalized spacial score (nSPS) is 20.2. The first-order valence-corrected chi connectivity index (χ1v) is 14.9. The first-order chi connectivity index (χ1) is 19.1. The van der Waals surface area contributed by atoms with E-state index in [9.17, 15) is 9.59 Å². The monoisotopic (exact) mass is 566 g/mol. The molecule has 0 saturated heterocycles. The molecule has 40 heavy (non-hydrogen) atoms. The summed E-state index contributed by atoms with van der Waals surface area (Å²) in [5, 5.41) is 0.746. The topological polar surface area (TPSA) is 59.1 Å². The number of likely N-dealkylation sites (N-methyl/N-ethyl adjacent to an activating group) is 1. The predicted octanol–water partition coefficient (Wildman–Crippen LogP) is 7.08. The summed E-state index contributed by atoms with van der Waals surface area (Å²) in [7, 11) is 1.79. The Kier molecular flexibility index (Phi) is 10.2. The maximum absolute atomic E-state index is 13.5. The maximum atomic E-state index is 13.5. The van der Waals surface area contributed by atoms with Crippen molar-refractivity contribution in [3.05, 3.63) is 70.3 Å². The van der Waals surface area contributed by atoms with Gasteiger partial charge in [-0.25, -0.2) is 0 Å². The van der Waals surface area contributed by atoms with Crippen molar-refractivity contribution in [3.63, 3.8) is 0 Å². The van der Waals surface area contributed by atoms with Crippen LogP contribution in [0.5, 0.6) is 5.75 Å². The van der Waals surface area contributed by atoms with Crippen molar-refractivity contribution in [2.75, 3.05) is 31.6 Å². The van der Waals surface area contributed by atoms with Crippen LogP contribution in [-0.4, -0.2) is 49.1 Å². The molecule has 2 aromatic carbocycles. The van der Waals surface area contributed by atoms with Gasteiger partial charge in [-0.2, -0.15) is 0 Å². The Bertz CT molecular complexity index is 1220. The largest absolute Gasteiger partial charge is 0.487 e. The molecule has 2 aliphatic heterocycles. The molecule has 0 fully saturated rings. The number of carbonyl (C=O) groups is 2. The van der Waals surface area contributed by atoms with Gasteiger partial charge in [-0.15, -0.1) is 0 Å². The number of hydrogen-bond donors (Lipinski definition) is 0. The number of carbonyl (C=O) groups excluding carboxylic acids is 2. The Morgan fingerprint density at radius 2 is 1.77 bits per heavy atom. The molecule has 6 nitrogen and oxygen atoms in total. The minimum Gasteiger partial charge on any atom is -0.487 e. The summed E-state index contributed by atoms with van der Waals surface area (Å²) >= 11 is 6.32. The Morgan fingerprint density at radius 3 is 2.55 bits per heavy atom. The SMILES string of the molecule is CN1C/C=C/CCCCN2CCCCc3cc(Cl)ccc3COc3ccc(cc32)C(C(=O)OC(C)(C)C)CC1=O. The van der Waals surface area contributed by atoms with Crippen LogP contribution in [0.15, 0.2) is 48.6 Å². The Morgan fingerprint density at radius 1 is 1.00 bits per heavy atom. The number of halogens is 1. The molecule has 1 unspecified atom stereocenters. The molecule has 4 rings (SSSR count). The van der Waals surface area contributed by atoms with Crippen LogP contribution in [0.1, 0.15) is 81.9 Å². The van der Waals surface area contributed by atoms with Gasteiger partial charge in [0.15, 0.2) is 0 Å². The maximum Gasteiger partial charge on any atom is 0.314 e. The summed E-state index contributed by atoms with van der Waals surface area (Å²) in [6.07, 6.45) is 10.3. The van der Waals surface area contributed by atoms with E-state index < -0.39 is 11.5 Å². The van der Waals surface area contributed by atoms with Gasteiger partial charge in [0.05, 0.1) is 11.6 Å². The van der Waals surface area contributed by atoms with Gasteiger partial charge in [-0.3, -0.25) is 9.59 Å². The van der Waals surface area contributed by atoms with Gasteiger partial charge in [-0.05, 0) is 100 Å². The van der Waals surface area contributed by atoms with Crippen molar-refractivity contribution < 1.29 is 19.1 Å². The van der Waals surface area contributed by atoms with E-state index in [1.54, 1.807) is 11.9 Å². The van der Waals surface area contributed by atoms with Gasteiger partial charge < -0.3 is 19.3 Å². The lowest BCUT2D eigenvalue weighted by molar-refractivity contribution is -0.158. The van der Waals surface area contributed by atoms with Gasteiger partial charge in [0.2, 0.25) is 5.91 Å². The number of nitrogens with zero attached hydrogens (tertiary/aromatic N) is 2.